The van der Waals surface area contributed by atoms with E-state index < -0.39 is 5.60 Å². The van der Waals surface area contributed by atoms with E-state index in [2.05, 4.69) is 32.0 Å². The van der Waals surface area contributed by atoms with E-state index in [1.807, 2.05) is 24.3 Å². The first kappa shape index (κ1) is 18.7. The molecule has 0 radical (unpaired) electrons. The zero-order valence-corrected chi connectivity index (χ0v) is 16.4. The minimum Gasteiger partial charge on any atom is -0.380 e. The van der Waals surface area contributed by atoms with Crippen LogP contribution in [0.5, 0.6) is 0 Å². The molecule has 2 amide bonds. The van der Waals surface area contributed by atoms with E-state index in [9.17, 15) is 14.7 Å². The number of rotatable bonds is 3. The van der Waals surface area contributed by atoms with Crippen LogP contribution in [0.15, 0.2) is 42.5 Å². The fourth-order valence-electron chi connectivity index (χ4n) is 3.65. The van der Waals surface area contributed by atoms with Gasteiger partial charge in [0.05, 0.1) is 0 Å². The number of benzene rings is 2. The Kier molecular flexibility index (Phi) is 4.71. The summed E-state index contributed by atoms with van der Waals surface area (Å²) < 4.78 is 0. The molecule has 5 nitrogen and oxygen atoms in total. The maximum atomic E-state index is 12.8. The fourth-order valence-corrected chi connectivity index (χ4v) is 3.65. The number of carbonyl (C=O) groups excluding carboxylic acids is 2. The topological polar surface area (TPSA) is 60.9 Å². The monoisotopic (exact) mass is 378 g/mol. The van der Waals surface area contributed by atoms with Crippen molar-refractivity contribution in [2.75, 3.05) is 26.2 Å². The molecule has 5 heteroatoms. The van der Waals surface area contributed by atoms with E-state index in [4.69, 9.17) is 0 Å². The minimum absolute atomic E-state index is 0.0103. The van der Waals surface area contributed by atoms with E-state index in [0.29, 0.717) is 44.6 Å². The smallest absolute Gasteiger partial charge is 0.254 e. The quantitative estimate of drug-likeness (QED) is 0.893. The van der Waals surface area contributed by atoms with Crippen LogP contribution in [0, 0.1) is 13.8 Å². The maximum Gasteiger partial charge on any atom is 0.254 e. The Bertz CT molecular complexity index is 908. The molecule has 4 rings (SSSR count). The molecule has 2 fully saturated rings. The molecule has 0 unspecified atom stereocenters. The van der Waals surface area contributed by atoms with Crippen molar-refractivity contribution in [1.82, 2.24) is 9.80 Å². The van der Waals surface area contributed by atoms with Gasteiger partial charge in [-0.05, 0) is 61.1 Å². The summed E-state index contributed by atoms with van der Waals surface area (Å²) >= 11 is 0. The van der Waals surface area contributed by atoms with Crippen LogP contribution in [0.25, 0.3) is 11.1 Å². The average Bonchev–Trinajstić information content (AvgIpc) is 3.48. The molecule has 1 saturated carbocycles. The first-order valence-corrected chi connectivity index (χ1v) is 9.86. The minimum atomic E-state index is -1.13. The van der Waals surface area contributed by atoms with Crippen molar-refractivity contribution in [2.24, 2.45) is 0 Å². The first-order valence-electron chi connectivity index (χ1n) is 9.86. The zero-order valence-electron chi connectivity index (χ0n) is 16.4. The second-order valence-electron chi connectivity index (χ2n) is 7.99. The Labute approximate surface area is 165 Å². The Morgan fingerprint density at radius 1 is 0.821 bits per heavy atom. The summed E-state index contributed by atoms with van der Waals surface area (Å²) in [5, 5.41) is 9.98. The fraction of sp³-hybridized carbons (Fsp3) is 0.391. The van der Waals surface area contributed by atoms with Gasteiger partial charge in [-0.3, -0.25) is 9.59 Å². The molecule has 2 aliphatic rings. The molecule has 0 atom stereocenters. The first-order chi connectivity index (χ1) is 13.4. The highest BCUT2D eigenvalue weighted by atomic mass is 16.3. The van der Waals surface area contributed by atoms with Gasteiger partial charge in [0.1, 0.15) is 5.60 Å². The van der Waals surface area contributed by atoms with E-state index in [1.54, 1.807) is 9.80 Å². The molecule has 0 bridgehead atoms. The van der Waals surface area contributed by atoms with Gasteiger partial charge in [0, 0.05) is 31.7 Å². The molecule has 1 heterocycles. The maximum absolute atomic E-state index is 12.8. The van der Waals surface area contributed by atoms with Gasteiger partial charge in [0.25, 0.3) is 11.8 Å². The van der Waals surface area contributed by atoms with Crippen molar-refractivity contribution in [3.8, 4) is 11.1 Å². The van der Waals surface area contributed by atoms with Crippen LogP contribution in [0.1, 0.15) is 34.3 Å². The summed E-state index contributed by atoms with van der Waals surface area (Å²) in [6, 6.07) is 14.1. The van der Waals surface area contributed by atoms with E-state index in [-0.39, 0.29) is 11.8 Å². The van der Waals surface area contributed by atoms with Crippen LogP contribution in [-0.2, 0) is 4.79 Å². The van der Waals surface area contributed by atoms with Crippen LogP contribution >= 0.6 is 0 Å². The Morgan fingerprint density at radius 2 is 1.39 bits per heavy atom. The van der Waals surface area contributed by atoms with Gasteiger partial charge in [-0.25, -0.2) is 0 Å². The van der Waals surface area contributed by atoms with Crippen molar-refractivity contribution in [2.45, 2.75) is 32.3 Å². The number of hydrogen-bond acceptors (Lipinski definition) is 3. The average molecular weight is 378 g/mol. The highest BCUT2D eigenvalue weighted by molar-refractivity contribution is 5.95. The largest absolute Gasteiger partial charge is 0.380 e. The van der Waals surface area contributed by atoms with Gasteiger partial charge >= 0.3 is 0 Å². The second kappa shape index (κ2) is 7.06. The number of aliphatic hydroxyl groups is 1. The lowest BCUT2D eigenvalue weighted by molar-refractivity contribution is -0.143. The zero-order chi connectivity index (χ0) is 19.9. The summed E-state index contributed by atoms with van der Waals surface area (Å²) in [6.07, 6.45) is 1.11. The normalized spacial score (nSPS) is 18.1. The number of hydrogen-bond donors (Lipinski definition) is 1. The van der Waals surface area contributed by atoms with Crippen LogP contribution < -0.4 is 0 Å². The van der Waals surface area contributed by atoms with Crippen LogP contribution in [0.2, 0.25) is 0 Å². The summed E-state index contributed by atoms with van der Waals surface area (Å²) in [7, 11) is 0. The van der Waals surface area contributed by atoms with Crippen molar-refractivity contribution in [1.29, 1.82) is 0 Å². The van der Waals surface area contributed by atoms with Crippen molar-refractivity contribution < 1.29 is 14.7 Å². The number of amides is 2. The van der Waals surface area contributed by atoms with Crippen molar-refractivity contribution >= 4 is 11.8 Å². The Balaban J connectivity index is 1.40. The molecule has 0 aromatic heterocycles. The molecule has 28 heavy (non-hydrogen) atoms. The molecule has 1 N–H and O–H groups in total. The third kappa shape index (κ3) is 3.54. The van der Waals surface area contributed by atoms with Crippen molar-refractivity contribution in [3.05, 3.63) is 59.2 Å². The summed E-state index contributed by atoms with van der Waals surface area (Å²) in [4.78, 5) is 28.5. The molecule has 2 aromatic rings. The predicted molar refractivity (Wildman–Crippen MR) is 108 cm³/mol. The van der Waals surface area contributed by atoms with Crippen LogP contribution in [0.3, 0.4) is 0 Å². The third-order valence-electron chi connectivity index (χ3n) is 5.95. The Morgan fingerprint density at radius 3 is 1.96 bits per heavy atom. The summed E-state index contributed by atoms with van der Waals surface area (Å²) in [5.41, 5.74) is 4.28. The number of nitrogens with zero attached hydrogens (tertiary/aromatic N) is 2. The van der Waals surface area contributed by atoms with Gasteiger partial charge in [-0.2, -0.15) is 0 Å². The van der Waals surface area contributed by atoms with Gasteiger partial charge in [0.15, 0.2) is 0 Å². The molecular formula is C23H26N2O3. The second-order valence-corrected chi connectivity index (χ2v) is 7.99. The molecule has 146 valence electrons. The third-order valence-corrected chi connectivity index (χ3v) is 5.95. The molecular weight excluding hydrogens is 352 g/mol. The van der Waals surface area contributed by atoms with Crippen LogP contribution in [-0.4, -0.2) is 58.5 Å². The number of piperazine rings is 1. The van der Waals surface area contributed by atoms with Crippen LogP contribution in [0.4, 0.5) is 0 Å². The number of carbonyl (C=O) groups is 2. The lowest BCUT2D eigenvalue weighted by Crippen LogP contribution is -2.53. The molecule has 0 spiro atoms. The lowest BCUT2D eigenvalue weighted by atomic mass is 9.99. The van der Waals surface area contributed by atoms with E-state index in [1.165, 1.54) is 11.1 Å². The van der Waals surface area contributed by atoms with Gasteiger partial charge < -0.3 is 14.9 Å². The van der Waals surface area contributed by atoms with Crippen molar-refractivity contribution in [3.63, 3.8) is 0 Å². The van der Waals surface area contributed by atoms with E-state index in [0.717, 1.165) is 11.1 Å². The standard InChI is InChI=1S/C23H26N2O3/c1-16-3-4-20(15-17(16)2)18-5-7-19(8-6-18)21(26)24-11-13-25(14-12-24)22(27)23(28)9-10-23/h3-8,15,28H,9-14H2,1-2H3. The molecule has 1 aliphatic carbocycles. The molecule has 2 aromatic carbocycles. The van der Waals surface area contributed by atoms with E-state index >= 15 is 0 Å². The highest BCUT2D eigenvalue weighted by Gasteiger charge is 2.50. The predicted octanol–water partition coefficient (Wildman–Crippen LogP) is 2.78. The van der Waals surface area contributed by atoms with Gasteiger partial charge in [-0.1, -0.05) is 30.3 Å². The van der Waals surface area contributed by atoms with Gasteiger partial charge in [0.2, 0.25) is 0 Å². The summed E-state index contributed by atoms with van der Waals surface area (Å²) in [5.74, 6) is -0.193. The molecule has 1 aliphatic heterocycles. The number of aryl methyl sites for hydroxylation is 2. The Hall–Kier alpha value is -2.66. The van der Waals surface area contributed by atoms with Gasteiger partial charge in [-0.15, -0.1) is 0 Å². The lowest BCUT2D eigenvalue weighted by Gasteiger charge is -2.35. The SMILES string of the molecule is Cc1ccc(-c2ccc(C(=O)N3CCN(C(=O)C4(O)CC4)CC3)cc2)cc1C. The highest BCUT2D eigenvalue weighted by Crippen LogP contribution is 2.37. The summed E-state index contributed by atoms with van der Waals surface area (Å²) in [6.45, 7) is 6.16. The molecule has 1 saturated heterocycles.